The average molecular weight is 342 g/mol. The zero-order valence-electron chi connectivity index (χ0n) is 15.2. The van der Waals surface area contributed by atoms with Crippen LogP contribution in [0.2, 0.25) is 0 Å². The van der Waals surface area contributed by atoms with Crippen LogP contribution in [0.4, 0.5) is 5.82 Å². The summed E-state index contributed by atoms with van der Waals surface area (Å²) in [6, 6.07) is 0.0795. The Morgan fingerprint density at radius 2 is 2.24 bits per heavy atom. The third-order valence-corrected chi connectivity index (χ3v) is 5.27. The third kappa shape index (κ3) is 2.99. The molecule has 7 nitrogen and oxygen atoms in total. The lowest BCUT2D eigenvalue weighted by Gasteiger charge is -2.32. The van der Waals surface area contributed by atoms with Gasteiger partial charge in [-0.05, 0) is 25.3 Å². The van der Waals surface area contributed by atoms with Gasteiger partial charge in [-0.25, -0.2) is 14.6 Å². The van der Waals surface area contributed by atoms with Crippen molar-refractivity contribution >= 4 is 22.8 Å². The molecule has 1 aliphatic heterocycles. The number of amides is 1. The normalized spacial score (nSPS) is 18.5. The van der Waals surface area contributed by atoms with Gasteiger partial charge >= 0.3 is 0 Å². The summed E-state index contributed by atoms with van der Waals surface area (Å²) < 4.78 is 1.95. The quantitative estimate of drug-likeness (QED) is 0.862. The van der Waals surface area contributed by atoms with Gasteiger partial charge in [0, 0.05) is 18.5 Å². The number of carbonyl (C=O) groups is 1. The van der Waals surface area contributed by atoms with Crippen molar-refractivity contribution in [3.05, 3.63) is 24.7 Å². The maximum absolute atomic E-state index is 12.0. The molecule has 1 fully saturated rings. The Hall–Kier alpha value is -2.44. The van der Waals surface area contributed by atoms with Crippen LogP contribution in [0.25, 0.3) is 11.0 Å². The summed E-state index contributed by atoms with van der Waals surface area (Å²) in [6.45, 7) is 11.4. The number of nitrogens with two attached hydrogens (primary N) is 1. The maximum atomic E-state index is 12.0. The number of likely N-dealkylation sites (tertiary alicyclic amines) is 1. The molecule has 7 heteroatoms. The molecule has 3 heterocycles. The van der Waals surface area contributed by atoms with Crippen molar-refractivity contribution in [2.45, 2.75) is 51.5 Å². The maximum Gasteiger partial charge on any atom is 0.246 e. The minimum atomic E-state index is -0.131. The van der Waals surface area contributed by atoms with Crippen LogP contribution in [0.5, 0.6) is 0 Å². The summed E-state index contributed by atoms with van der Waals surface area (Å²) in [5, 5.41) is 5.74. The van der Waals surface area contributed by atoms with Gasteiger partial charge in [-0.15, -0.1) is 0 Å². The Balaban J connectivity index is 2.09. The van der Waals surface area contributed by atoms with Gasteiger partial charge in [-0.2, -0.15) is 5.10 Å². The van der Waals surface area contributed by atoms with E-state index in [4.69, 9.17) is 10.8 Å². The Kier molecular flexibility index (Phi) is 4.49. The molecule has 0 spiro atoms. The van der Waals surface area contributed by atoms with E-state index in [0.29, 0.717) is 12.4 Å². The van der Waals surface area contributed by atoms with Gasteiger partial charge in [0.05, 0.1) is 17.1 Å². The fourth-order valence-corrected chi connectivity index (χ4v) is 3.37. The first-order valence-electron chi connectivity index (χ1n) is 8.79. The lowest BCUT2D eigenvalue weighted by Crippen LogP contribution is -2.40. The molecule has 1 saturated heterocycles. The molecule has 1 atom stereocenters. The molecule has 25 heavy (non-hydrogen) atoms. The average Bonchev–Trinajstić information content (AvgIpc) is 3.03. The molecule has 3 rings (SSSR count). The molecule has 0 bridgehead atoms. The van der Waals surface area contributed by atoms with Crippen LogP contribution in [0.3, 0.4) is 0 Å². The van der Waals surface area contributed by atoms with E-state index in [1.807, 2.05) is 9.58 Å². The smallest absolute Gasteiger partial charge is 0.246 e. The molecule has 1 aliphatic rings. The number of hydrogen-bond acceptors (Lipinski definition) is 5. The van der Waals surface area contributed by atoms with Crippen molar-refractivity contribution in [3.8, 4) is 0 Å². The lowest BCUT2D eigenvalue weighted by molar-refractivity contribution is -0.127. The van der Waals surface area contributed by atoms with E-state index in [-0.39, 0.29) is 17.4 Å². The van der Waals surface area contributed by atoms with Gasteiger partial charge in [0.2, 0.25) is 5.91 Å². The summed E-state index contributed by atoms with van der Waals surface area (Å²) in [4.78, 5) is 22.5. The van der Waals surface area contributed by atoms with Crippen LogP contribution in [-0.2, 0) is 10.2 Å². The van der Waals surface area contributed by atoms with Crippen LogP contribution >= 0.6 is 0 Å². The number of hydrogen-bond donors (Lipinski definition) is 1. The van der Waals surface area contributed by atoms with Crippen molar-refractivity contribution in [2.75, 3.05) is 18.8 Å². The van der Waals surface area contributed by atoms with E-state index < -0.39 is 0 Å². The number of carbonyl (C=O) groups excluding carboxylic acids is 1. The largest absolute Gasteiger partial charge is 0.383 e. The summed E-state index contributed by atoms with van der Waals surface area (Å²) in [5.41, 5.74) is 7.71. The van der Waals surface area contributed by atoms with Crippen molar-refractivity contribution < 1.29 is 4.79 Å². The summed E-state index contributed by atoms with van der Waals surface area (Å²) in [6.07, 6.45) is 5.66. The van der Waals surface area contributed by atoms with Crippen molar-refractivity contribution in [1.82, 2.24) is 24.6 Å². The number of aromatic nitrogens is 4. The van der Waals surface area contributed by atoms with Crippen LogP contribution in [0.1, 0.15) is 51.8 Å². The van der Waals surface area contributed by atoms with Crippen LogP contribution in [-0.4, -0.2) is 43.6 Å². The molecular formula is C18H26N6O. The van der Waals surface area contributed by atoms with Gasteiger partial charge < -0.3 is 10.6 Å². The number of nitrogen functional groups attached to an aromatic ring is 1. The zero-order valence-corrected chi connectivity index (χ0v) is 15.2. The van der Waals surface area contributed by atoms with Crippen molar-refractivity contribution in [1.29, 1.82) is 0 Å². The predicted octanol–water partition coefficient (Wildman–Crippen LogP) is 2.45. The number of nitrogens with zero attached hydrogens (tertiary/aromatic N) is 5. The van der Waals surface area contributed by atoms with Crippen LogP contribution in [0, 0.1) is 0 Å². The highest BCUT2D eigenvalue weighted by Gasteiger charge is 2.31. The molecule has 2 N–H and O–H groups in total. The summed E-state index contributed by atoms with van der Waals surface area (Å²) in [7, 11) is 0. The Morgan fingerprint density at radius 1 is 1.48 bits per heavy atom. The van der Waals surface area contributed by atoms with Gasteiger partial charge in [0.1, 0.15) is 12.1 Å². The molecule has 0 aliphatic carbocycles. The molecule has 0 unspecified atom stereocenters. The second-order valence-electron chi connectivity index (χ2n) is 7.27. The molecule has 2 aromatic rings. The lowest BCUT2D eigenvalue weighted by atomic mass is 9.85. The molecule has 2 aromatic heterocycles. The highest BCUT2D eigenvalue weighted by atomic mass is 16.2. The SMILES string of the molecule is C=CC(=O)N1CCC[C@@H](n2nc(C(C)(C)CC)c3c(N)ncnc32)C1. The highest BCUT2D eigenvalue weighted by Crippen LogP contribution is 2.36. The first kappa shape index (κ1) is 17.4. The molecule has 1 amide bonds. The minimum Gasteiger partial charge on any atom is -0.383 e. The first-order valence-corrected chi connectivity index (χ1v) is 8.79. The van der Waals surface area contributed by atoms with E-state index in [0.717, 1.165) is 42.5 Å². The second-order valence-corrected chi connectivity index (χ2v) is 7.27. The van der Waals surface area contributed by atoms with Gasteiger partial charge in [-0.3, -0.25) is 4.79 Å². The Morgan fingerprint density at radius 3 is 2.92 bits per heavy atom. The van der Waals surface area contributed by atoms with E-state index >= 15 is 0 Å². The second kappa shape index (κ2) is 6.46. The molecular weight excluding hydrogens is 316 g/mol. The number of anilines is 1. The molecule has 0 aromatic carbocycles. The van der Waals surface area contributed by atoms with Crippen LogP contribution in [0.15, 0.2) is 19.0 Å². The van der Waals surface area contributed by atoms with Gasteiger partial charge in [0.25, 0.3) is 0 Å². The number of piperidine rings is 1. The molecule has 0 saturated carbocycles. The fraction of sp³-hybridized carbons (Fsp3) is 0.556. The Bertz CT molecular complexity index is 809. The summed E-state index contributed by atoms with van der Waals surface area (Å²) >= 11 is 0. The Labute approximate surface area is 147 Å². The highest BCUT2D eigenvalue weighted by molar-refractivity contribution is 5.89. The monoisotopic (exact) mass is 342 g/mol. The zero-order chi connectivity index (χ0) is 18.2. The van der Waals surface area contributed by atoms with Gasteiger partial charge in [0.15, 0.2) is 5.65 Å². The summed E-state index contributed by atoms with van der Waals surface area (Å²) in [5.74, 6) is 0.423. The molecule has 134 valence electrons. The standard InChI is InChI=1S/C18H26N6O/c1-5-13(25)23-9-7-8-12(10-23)24-17-14(16(19)20-11-21-17)15(22-24)18(3,4)6-2/h5,11-12H,1,6-10H2,2-4H3,(H2,19,20,21)/t12-/m1/s1. The van der Waals surface area contributed by atoms with E-state index in [1.54, 1.807) is 0 Å². The fourth-order valence-electron chi connectivity index (χ4n) is 3.37. The van der Waals surface area contributed by atoms with E-state index in [1.165, 1.54) is 12.4 Å². The third-order valence-electron chi connectivity index (χ3n) is 5.27. The number of rotatable bonds is 4. The van der Waals surface area contributed by atoms with E-state index in [2.05, 4.69) is 37.3 Å². The van der Waals surface area contributed by atoms with Crippen LogP contribution < -0.4 is 5.73 Å². The topological polar surface area (TPSA) is 89.9 Å². The molecule has 0 radical (unpaired) electrons. The van der Waals surface area contributed by atoms with Crippen molar-refractivity contribution in [3.63, 3.8) is 0 Å². The minimum absolute atomic E-state index is 0.0376. The van der Waals surface area contributed by atoms with Gasteiger partial charge in [-0.1, -0.05) is 27.4 Å². The predicted molar refractivity (Wildman–Crippen MR) is 98.1 cm³/mol. The number of fused-ring (bicyclic) bond motifs is 1. The van der Waals surface area contributed by atoms with E-state index in [9.17, 15) is 4.79 Å². The van der Waals surface area contributed by atoms with Crippen molar-refractivity contribution in [2.24, 2.45) is 0 Å². The first-order chi connectivity index (χ1) is 11.9.